The molecule has 0 radical (unpaired) electrons. The van der Waals surface area contributed by atoms with E-state index in [1.807, 2.05) is 18.2 Å². The molecule has 1 N–H and O–H groups in total. The van der Waals surface area contributed by atoms with Gasteiger partial charge in [-0.15, -0.1) is 0 Å². The summed E-state index contributed by atoms with van der Waals surface area (Å²) >= 11 is 6.11. The minimum atomic E-state index is -2.87. The van der Waals surface area contributed by atoms with Gasteiger partial charge in [-0.25, -0.2) is 8.42 Å². The monoisotopic (exact) mass is 330 g/mol. The molecule has 6 heteroatoms. The van der Waals surface area contributed by atoms with Crippen LogP contribution in [0.5, 0.6) is 0 Å². The van der Waals surface area contributed by atoms with Crippen molar-refractivity contribution in [1.29, 1.82) is 0 Å². The van der Waals surface area contributed by atoms with E-state index in [1.54, 1.807) is 0 Å². The summed E-state index contributed by atoms with van der Waals surface area (Å²) in [5.41, 5.74) is 2.22. The van der Waals surface area contributed by atoms with Crippen molar-refractivity contribution >= 4 is 27.1 Å². The predicted molar refractivity (Wildman–Crippen MR) is 88.9 cm³/mol. The first kappa shape index (κ1) is 16.6. The van der Waals surface area contributed by atoms with Crippen LogP contribution >= 0.6 is 11.6 Å². The number of anilines is 1. The molecule has 2 rings (SSSR count). The fourth-order valence-corrected chi connectivity index (χ4v) is 3.80. The third kappa shape index (κ3) is 4.87. The molecule has 21 heavy (non-hydrogen) atoms. The summed E-state index contributed by atoms with van der Waals surface area (Å²) in [6, 6.07) is 5.85. The summed E-state index contributed by atoms with van der Waals surface area (Å²) < 4.78 is 23.1. The Bertz CT molecular complexity index is 573. The molecule has 1 aliphatic rings. The number of benzene rings is 1. The van der Waals surface area contributed by atoms with Crippen molar-refractivity contribution in [2.45, 2.75) is 20.4 Å². The molecule has 0 saturated carbocycles. The van der Waals surface area contributed by atoms with E-state index in [1.165, 1.54) is 5.56 Å². The molecule has 1 fully saturated rings. The normalized spacial score (nSPS) is 18.2. The van der Waals surface area contributed by atoms with Crippen molar-refractivity contribution in [3.8, 4) is 0 Å². The lowest BCUT2D eigenvalue weighted by Crippen LogP contribution is -2.41. The molecule has 1 saturated heterocycles. The van der Waals surface area contributed by atoms with E-state index in [0.29, 0.717) is 24.0 Å². The largest absolute Gasteiger partial charge is 0.369 e. The maximum absolute atomic E-state index is 11.6. The highest BCUT2D eigenvalue weighted by Gasteiger charge is 2.23. The molecule has 0 aliphatic carbocycles. The molecule has 0 aromatic heterocycles. The van der Waals surface area contributed by atoms with Crippen LogP contribution in [-0.2, 0) is 16.4 Å². The first-order chi connectivity index (χ1) is 9.87. The Hall–Kier alpha value is -0.780. The summed E-state index contributed by atoms with van der Waals surface area (Å²) in [4.78, 5) is 2.12. The van der Waals surface area contributed by atoms with Gasteiger partial charge >= 0.3 is 0 Å². The van der Waals surface area contributed by atoms with Crippen LogP contribution in [-0.4, -0.2) is 39.6 Å². The number of nitrogens with one attached hydrogen (secondary N) is 1. The van der Waals surface area contributed by atoms with Crippen molar-refractivity contribution in [2.75, 3.05) is 36.0 Å². The standard InChI is InChI=1S/C15H23ClN2O2S/c1-12(2)10-17-11-13-3-4-14(16)9-15(13)18-5-7-21(19,20)8-6-18/h3-4,9,12,17H,5-8,10-11H2,1-2H3. The lowest BCUT2D eigenvalue weighted by Gasteiger charge is -2.30. The van der Waals surface area contributed by atoms with Crippen LogP contribution in [0.2, 0.25) is 5.02 Å². The molecule has 1 aromatic carbocycles. The summed E-state index contributed by atoms with van der Waals surface area (Å²) in [7, 11) is -2.87. The first-order valence-corrected chi connectivity index (χ1v) is 9.52. The molecule has 1 aromatic rings. The Balaban J connectivity index is 2.12. The third-order valence-corrected chi connectivity index (χ3v) is 5.44. The Morgan fingerprint density at radius 3 is 2.57 bits per heavy atom. The second-order valence-corrected chi connectivity index (χ2v) is 8.68. The molecular formula is C15H23ClN2O2S. The molecule has 4 nitrogen and oxygen atoms in total. The van der Waals surface area contributed by atoms with Crippen molar-refractivity contribution < 1.29 is 8.42 Å². The van der Waals surface area contributed by atoms with Crippen LogP contribution in [0, 0.1) is 5.92 Å². The van der Waals surface area contributed by atoms with Gasteiger partial charge in [-0.3, -0.25) is 0 Å². The van der Waals surface area contributed by atoms with Gasteiger partial charge in [0, 0.05) is 30.3 Å². The van der Waals surface area contributed by atoms with Gasteiger partial charge < -0.3 is 10.2 Å². The van der Waals surface area contributed by atoms with Crippen molar-refractivity contribution in [3.05, 3.63) is 28.8 Å². The lowest BCUT2D eigenvalue weighted by atomic mass is 10.1. The topological polar surface area (TPSA) is 49.4 Å². The van der Waals surface area contributed by atoms with Gasteiger partial charge in [0.25, 0.3) is 0 Å². The van der Waals surface area contributed by atoms with Crippen LogP contribution in [0.1, 0.15) is 19.4 Å². The number of nitrogens with zero attached hydrogens (tertiary/aromatic N) is 1. The lowest BCUT2D eigenvalue weighted by molar-refractivity contribution is 0.551. The molecule has 1 heterocycles. The molecular weight excluding hydrogens is 308 g/mol. The average molecular weight is 331 g/mol. The summed E-state index contributed by atoms with van der Waals surface area (Å²) in [5.74, 6) is 1.04. The molecule has 118 valence electrons. The predicted octanol–water partition coefficient (Wildman–Crippen LogP) is 2.32. The van der Waals surface area contributed by atoms with Gasteiger partial charge in [0.15, 0.2) is 9.84 Å². The van der Waals surface area contributed by atoms with Gasteiger partial charge in [0.2, 0.25) is 0 Å². The minimum Gasteiger partial charge on any atom is -0.369 e. The van der Waals surface area contributed by atoms with Gasteiger partial charge in [-0.05, 0) is 30.2 Å². The minimum absolute atomic E-state index is 0.221. The second-order valence-electron chi connectivity index (χ2n) is 5.94. The van der Waals surface area contributed by atoms with Crippen LogP contribution in [0.25, 0.3) is 0 Å². The SMILES string of the molecule is CC(C)CNCc1ccc(Cl)cc1N1CCS(=O)(=O)CC1. The number of halogens is 1. The number of hydrogen-bond acceptors (Lipinski definition) is 4. The summed E-state index contributed by atoms with van der Waals surface area (Å²) in [6.07, 6.45) is 0. The average Bonchev–Trinajstić information content (AvgIpc) is 2.40. The van der Waals surface area contributed by atoms with Gasteiger partial charge in [-0.1, -0.05) is 31.5 Å². The zero-order valence-corrected chi connectivity index (χ0v) is 14.2. The summed E-state index contributed by atoms with van der Waals surface area (Å²) in [5, 5.41) is 4.11. The Morgan fingerprint density at radius 1 is 1.29 bits per heavy atom. The highest BCUT2D eigenvalue weighted by Crippen LogP contribution is 2.26. The molecule has 0 spiro atoms. The second kappa shape index (κ2) is 6.99. The van der Waals surface area contributed by atoms with Crippen molar-refractivity contribution in [1.82, 2.24) is 5.32 Å². The van der Waals surface area contributed by atoms with E-state index in [2.05, 4.69) is 24.1 Å². The Morgan fingerprint density at radius 2 is 1.95 bits per heavy atom. The van der Waals surface area contributed by atoms with E-state index in [9.17, 15) is 8.42 Å². The maximum Gasteiger partial charge on any atom is 0.153 e. The van der Waals surface area contributed by atoms with Gasteiger partial charge in [0.1, 0.15) is 0 Å². The van der Waals surface area contributed by atoms with Gasteiger partial charge in [-0.2, -0.15) is 0 Å². The van der Waals surface area contributed by atoms with E-state index >= 15 is 0 Å². The fraction of sp³-hybridized carbons (Fsp3) is 0.600. The van der Waals surface area contributed by atoms with Crippen LogP contribution < -0.4 is 10.2 Å². The zero-order valence-electron chi connectivity index (χ0n) is 12.6. The van der Waals surface area contributed by atoms with Crippen LogP contribution in [0.15, 0.2) is 18.2 Å². The summed E-state index contributed by atoms with van der Waals surface area (Å²) in [6.45, 7) is 7.15. The molecule has 0 atom stereocenters. The maximum atomic E-state index is 11.6. The molecule has 0 bridgehead atoms. The van der Waals surface area contributed by atoms with Crippen molar-refractivity contribution in [2.24, 2.45) is 5.92 Å². The van der Waals surface area contributed by atoms with E-state index in [4.69, 9.17) is 11.6 Å². The molecule has 1 aliphatic heterocycles. The third-order valence-electron chi connectivity index (χ3n) is 3.60. The number of hydrogen-bond donors (Lipinski definition) is 1. The number of rotatable bonds is 5. The smallest absolute Gasteiger partial charge is 0.153 e. The highest BCUT2D eigenvalue weighted by atomic mass is 35.5. The number of sulfone groups is 1. The quantitative estimate of drug-likeness (QED) is 0.900. The zero-order chi connectivity index (χ0) is 15.5. The Kier molecular flexibility index (Phi) is 5.52. The Labute approximate surface area is 132 Å². The van der Waals surface area contributed by atoms with Crippen LogP contribution in [0.4, 0.5) is 5.69 Å². The highest BCUT2D eigenvalue weighted by molar-refractivity contribution is 7.91. The fourth-order valence-electron chi connectivity index (χ4n) is 2.43. The van der Waals surface area contributed by atoms with E-state index < -0.39 is 9.84 Å². The molecule has 0 amide bonds. The van der Waals surface area contributed by atoms with E-state index in [-0.39, 0.29) is 11.5 Å². The van der Waals surface area contributed by atoms with Crippen molar-refractivity contribution in [3.63, 3.8) is 0 Å². The van der Waals surface area contributed by atoms with Gasteiger partial charge in [0.05, 0.1) is 11.5 Å². The molecule has 0 unspecified atom stereocenters. The van der Waals surface area contributed by atoms with Crippen LogP contribution in [0.3, 0.4) is 0 Å². The van der Waals surface area contributed by atoms with E-state index in [0.717, 1.165) is 18.8 Å². The first-order valence-electron chi connectivity index (χ1n) is 7.32.